The van der Waals surface area contributed by atoms with Crippen LogP contribution < -0.4 is 22.1 Å². The molecule has 1 fully saturated rings. The number of rotatable bonds is 6. The van der Waals surface area contributed by atoms with E-state index >= 15 is 0 Å². The Bertz CT molecular complexity index is 933. The van der Waals surface area contributed by atoms with Crippen molar-refractivity contribution in [1.29, 1.82) is 5.41 Å². The van der Waals surface area contributed by atoms with Crippen molar-refractivity contribution in [3.8, 4) is 0 Å². The van der Waals surface area contributed by atoms with Crippen LogP contribution in [0.5, 0.6) is 0 Å². The molecule has 7 N–H and O–H groups in total. The van der Waals surface area contributed by atoms with Crippen LogP contribution in [0.1, 0.15) is 35.4 Å². The number of hydrogen-bond acceptors (Lipinski definition) is 7. The van der Waals surface area contributed by atoms with Crippen molar-refractivity contribution < 1.29 is 13.2 Å². The normalized spacial score (nSPS) is 16.9. The third-order valence-electron chi connectivity index (χ3n) is 5.81. The predicted molar refractivity (Wildman–Crippen MR) is 116 cm³/mol. The summed E-state index contributed by atoms with van der Waals surface area (Å²) in [7, 11) is 0. The fourth-order valence-electron chi connectivity index (χ4n) is 4.14. The van der Waals surface area contributed by atoms with Crippen LogP contribution in [0.4, 0.5) is 24.8 Å². The van der Waals surface area contributed by atoms with Crippen molar-refractivity contribution in [2.24, 2.45) is 17.4 Å². The molecule has 1 aromatic carbocycles. The van der Waals surface area contributed by atoms with E-state index in [0.29, 0.717) is 36.6 Å². The van der Waals surface area contributed by atoms with Crippen LogP contribution >= 0.6 is 0 Å². The van der Waals surface area contributed by atoms with E-state index < -0.39 is 11.7 Å². The number of aromatic nitrogens is 2. The van der Waals surface area contributed by atoms with Gasteiger partial charge in [-0.15, -0.1) is 0 Å². The Labute approximate surface area is 178 Å². The Morgan fingerprint density at radius 1 is 1.19 bits per heavy atom. The molecule has 1 saturated heterocycles. The first-order chi connectivity index (χ1) is 14.8. The molecule has 10 heteroatoms. The van der Waals surface area contributed by atoms with E-state index in [2.05, 4.69) is 14.9 Å². The Morgan fingerprint density at radius 3 is 2.35 bits per heavy atom. The van der Waals surface area contributed by atoms with E-state index in [1.165, 1.54) is 24.7 Å². The molecule has 31 heavy (non-hydrogen) atoms. The number of alkyl halides is 3. The predicted octanol–water partition coefficient (Wildman–Crippen LogP) is 2.99. The zero-order valence-electron chi connectivity index (χ0n) is 16.9. The first kappa shape index (κ1) is 22.5. The molecule has 0 unspecified atom stereocenters. The highest BCUT2D eigenvalue weighted by molar-refractivity contribution is 6.12. The minimum atomic E-state index is -4.35. The third kappa shape index (κ3) is 4.79. The summed E-state index contributed by atoms with van der Waals surface area (Å²) < 4.78 is 38.6. The molecule has 1 aromatic heterocycles. The number of benzene rings is 1. The number of hydrogen-bond donors (Lipinski definition) is 4. The van der Waals surface area contributed by atoms with Crippen LogP contribution in [0.25, 0.3) is 5.57 Å². The van der Waals surface area contributed by atoms with Crippen LogP contribution in [0, 0.1) is 11.3 Å². The largest absolute Gasteiger partial charge is 0.416 e. The second-order valence-electron chi connectivity index (χ2n) is 7.51. The number of anilines is 2. The molecule has 0 aliphatic carbocycles. The second kappa shape index (κ2) is 9.34. The first-order valence-electron chi connectivity index (χ1n) is 9.95. The standard InChI is InChI=1S/C21H26F3N7/c22-21(23,24)16-3-1-13(2-4-16)17(11-27)14-5-7-31(8-6-14)20-18(15(9-25)10-26)19(28)29-12-30-20/h1-4,9-10,12,14,17,25H,5-8,11,26-27H2,(H2,28,29,30)/b15-10+,25-9?/t17-/m0/s1. The topological polar surface area (TPSA) is 131 Å². The lowest BCUT2D eigenvalue weighted by molar-refractivity contribution is -0.137. The molecular formula is C21H26F3N7. The zero-order valence-corrected chi connectivity index (χ0v) is 16.9. The molecule has 7 nitrogen and oxygen atoms in total. The molecule has 0 radical (unpaired) electrons. The van der Waals surface area contributed by atoms with Gasteiger partial charge in [0.15, 0.2) is 0 Å². The second-order valence-corrected chi connectivity index (χ2v) is 7.51. The number of halogens is 3. The molecule has 0 spiro atoms. The molecule has 1 atom stereocenters. The Morgan fingerprint density at radius 2 is 1.84 bits per heavy atom. The first-order valence-corrected chi connectivity index (χ1v) is 9.95. The maximum atomic E-state index is 12.9. The number of nitrogens with two attached hydrogens (primary N) is 3. The van der Waals surface area contributed by atoms with Gasteiger partial charge in [-0.05, 0) is 48.9 Å². The number of nitrogens with one attached hydrogen (secondary N) is 1. The van der Waals surface area contributed by atoms with Gasteiger partial charge in [0.1, 0.15) is 18.0 Å². The summed E-state index contributed by atoms with van der Waals surface area (Å²) in [5, 5.41) is 7.58. The van der Waals surface area contributed by atoms with Gasteiger partial charge < -0.3 is 27.5 Å². The fourth-order valence-corrected chi connectivity index (χ4v) is 4.14. The van der Waals surface area contributed by atoms with Crippen molar-refractivity contribution in [3.05, 3.63) is 53.5 Å². The van der Waals surface area contributed by atoms with Gasteiger partial charge in [-0.1, -0.05) is 12.1 Å². The van der Waals surface area contributed by atoms with Gasteiger partial charge in [0.05, 0.1) is 11.1 Å². The SMILES string of the molecule is N=C/C(=C\N)c1c(N)ncnc1N1CCC([C@@H](CN)c2ccc(C(F)(F)F)cc2)CC1. The Balaban J connectivity index is 1.76. The van der Waals surface area contributed by atoms with Crippen LogP contribution in [0.3, 0.4) is 0 Å². The average molecular weight is 433 g/mol. The van der Waals surface area contributed by atoms with Crippen LogP contribution in [-0.4, -0.2) is 35.8 Å². The highest BCUT2D eigenvalue weighted by atomic mass is 19.4. The molecule has 0 bridgehead atoms. The lowest BCUT2D eigenvalue weighted by atomic mass is 9.80. The summed E-state index contributed by atoms with van der Waals surface area (Å²) in [5.74, 6) is 1.07. The molecule has 2 heterocycles. The van der Waals surface area contributed by atoms with Crippen molar-refractivity contribution in [1.82, 2.24) is 9.97 Å². The summed E-state index contributed by atoms with van der Waals surface area (Å²) >= 11 is 0. The summed E-state index contributed by atoms with van der Waals surface area (Å²) in [6.45, 7) is 1.69. The van der Waals surface area contributed by atoms with Gasteiger partial charge in [0, 0.05) is 31.1 Å². The van der Waals surface area contributed by atoms with E-state index in [1.807, 2.05) is 0 Å². The molecule has 0 amide bonds. The van der Waals surface area contributed by atoms with Gasteiger partial charge in [0.2, 0.25) is 0 Å². The van der Waals surface area contributed by atoms with Crippen molar-refractivity contribution in [2.45, 2.75) is 24.9 Å². The van der Waals surface area contributed by atoms with Crippen molar-refractivity contribution in [3.63, 3.8) is 0 Å². The average Bonchev–Trinajstić information content (AvgIpc) is 2.76. The van der Waals surface area contributed by atoms with E-state index in [4.69, 9.17) is 22.6 Å². The van der Waals surface area contributed by atoms with Gasteiger partial charge >= 0.3 is 6.18 Å². The summed E-state index contributed by atoms with van der Waals surface area (Å²) in [6.07, 6.45) is 1.01. The zero-order chi connectivity index (χ0) is 22.6. The summed E-state index contributed by atoms with van der Waals surface area (Å²) in [6, 6.07) is 5.28. The van der Waals surface area contributed by atoms with Crippen LogP contribution in [0.2, 0.25) is 0 Å². The van der Waals surface area contributed by atoms with Gasteiger partial charge in [-0.2, -0.15) is 13.2 Å². The van der Waals surface area contributed by atoms with Gasteiger partial charge in [-0.3, -0.25) is 0 Å². The molecule has 166 valence electrons. The minimum absolute atomic E-state index is 0.0274. The fraction of sp³-hybridized carbons (Fsp3) is 0.381. The monoisotopic (exact) mass is 433 g/mol. The van der Waals surface area contributed by atoms with E-state index in [0.717, 1.165) is 36.8 Å². The number of allylic oxidation sites excluding steroid dienone is 1. The highest BCUT2D eigenvalue weighted by Crippen LogP contribution is 2.37. The van der Waals surface area contributed by atoms with E-state index in [1.54, 1.807) is 0 Å². The van der Waals surface area contributed by atoms with Crippen molar-refractivity contribution in [2.75, 3.05) is 30.3 Å². The Kier molecular flexibility index (Phi) is 6.79. The molecule has 1 aliphatic heterocycles. The number of nitrogens with zero attached hydrogens (tertiary/aromatic N) is 3. The van der Waals surface area contributed by atoms with Gasteiger partial charge in [0.25, 0.3) is 0 Å². The van der Waals surface area contributed by atoms with Crippen LogP contribution in [0.15, 0.2) is 36.8 Å². The molecule has 1 aliphatic rings. The molecular weight excluding hydrogens is 407 g/mol. The van der Waals surface area contributed by atoms with E-state index in [-0.39, 0.29) is 17.7 Å². The molecule has 3 rings (SSSR count). The molecule has 2 aromatic rings. The summed E-state index contributed by atoms with van der Waals surface area (Å²) in [5.41, 5.74) is 18.8. The third-order valence-corrected chi connectivity index (χ3v) is 5.81. The maximum Gasteiger partial charge on any atom is 0.416 e. The highest BCUT2D eigenvalue weighted by Gasteiger charge is 2.32. The number of piperidine rings is 1. The number of nitrogen functional groups attached to an aromatic ring is 1. The van der Waals surface area contributed by atoms with Crippen LogP contribution in [-0.2, 0) is 6.18 Å². The maximum absolute atomic E-state index is 12.9. The molecule has 0 saturated carbocycles. The summed E-state index contributed by atoms with van der Waals surface area (Å²) in [4.78, 5) is 10.4. The lowest BCUT2D eigenvalue weighted by Gasteiger charge is -2.37. The smallest absolute Gasteiger partial charge is 0.404 e. The van der Waals surface area contributed by atoms with E-state index in [9.17, 15) is 13.2 Å². The minimum Gasteiger partial charge on any atom is -0.404 e. The van der Waals surface area contributed by atoms with Crippen molar-refractivity contribution >= 4 is 23.4 Å². The van der Waals surface area contributed by atoms with Gasteiger partial charge in [-0.25, -0.2) is 9.97 Å². The lowest BCUT2D eigenvalue weighted by Crippen LogP contribution is -2.38. The Hall–Kier alpha value is -3.14. The quantitative estimate of drug-likeness (QED) is 0.518.